The number of hydrogen-bond acceptors (Lipinski definition) is 10. The molecule has 1 aromatic rings. The van der Waals surface area contributed by atoms with Crippen molar-refractivity contribution in [2.24, 2.45) is 0 Å². The molecule has 160 valence electrons. The second kappa shape index (κ2) is 25.9. The molecular formula is C18H28O6S4. The third-order valence-electron chi connectivity index (χ3n) is 1.97. The van der Waals surface area contributed by atoms with Crippen LogP contribution in [-0.2, 0) is 28.7 Å². The van der Waals surface area contributed by atoms with Gasteiger partial charge in [-0.25, -0.2) is 0 Å². The first-order valence-electron chi connectivity index (χ1n) is 7.77. The highest BCUT2D eigenvalue weighted by molar-refractivity contribution is 8.76. The minimum absolute atomic E-state index is 0. The van der Waals surface area contributed by atoms with Gasteiger partial charge in [0, 0.05) is 41.8 Å². The SMILES string of the molecule is C.C1CS1.CC(=O)OCCS.CC(=O)OCCSSc1ccccc1.O=C=O. The van der Waals surface area contributed by atoms with Crippen LogP contribution in [0, 0.1) is 0 Å². The molecule has 1 aliphatic rings. The van der Waals surface area contributed by atoms with Crippen LogP contribution >= 0.6 is 46.0 Å². The fourth-order valence-corrected chi connectivity index (χ4v) is 2.92. The quantitative estimate of drug-likeness (QED) is 0.207. The van der Waals surface area contributed by atoms with Gasteiger partial charge in [-0.05, 0) is 12.1 Å². The zero-order valence-electron chi connectivity index (χ0n) is 15.3. The van der Waals surface area contributed by atoms with Gasteiger partial charge in [-0.15, -0.1) is 0 Å². The molecule has 0 spiro atoms. The predicted octanol–water partition coefficient (Wildman–Crippen LogP) is 4.26. The average Bonchev–Trinajstić information content (AvgIpc) is 3.51. The molecule has 1 fully saturated rings. The Kier molecular flexibility index (Phi) is 29.3. The van der Waals surface area contributed by atoms with Gasteiger partial charge < -0.3 is 9.47 Å². The molecule has 0 N–H and O–H groups in total. The highest BCUT2D eigenvalue weighted by atomic mass is 33.1. The van der Waals surface area contributed by atoms with Crippen molar-refractivity contribution in [1.82, 2.24) is 0 Å². The molecule has 0 bridgehead atoms. The lowest BCUT2D eigenvalue weighted by atomic mass is 10.4. The lowest BCUT2D eigenvalue weighted by Gasteiger charge is -2.01. The van der Waals surface area contributed by atoms with Crippen LogP contribution < -0.4 is 0 Å². The molecule has 6 nitrogen and oxygen atoms in total. The van der Waals surface area contributed by atoms with E-state index in [1.807, 2.05) is 30.0 Å². The summed E-state index contributed by atoms with van der Waals surface area (Å²) in [5, 5.41) is 0. The number of esters is 2. The molecule has 10 heteroatoms. The normalized spacial score (nSPS) is 9.82. The number of carbonyl (C=O) groups excluding carboxylic acids is 4. The van der Waals surface area contributed by atoms with E-state index in [1.54, 1.807) is 21.6 Å². The molecule has 0 unspecified atom stereocenters. The number of carbonyl (C=O) groups is 2. The highest BCUT2D eigenvalue weighted by Gasteiger charge is 1.96. The Balaban J connectivity index is -0.000000371. The van der Waals surface area contributed by atoms with Crippen molar-refractivity contribution < 1.29 is 28.7 Å². The summed E-state index contributed by atoms with van der Waals surface area (Å²) in [6.45, 7) is 3.71. The number of thioether (sulfide) groups is 1. The minimum Gasteiger partial charge on any atom is -0.465 e. The van der Waals surface area contributed by atoms with Gasteiger partial charge >= 0.3 is 18.1 Å². The summed E-state index contributed by atoms with van der Waals surface area (Å²) < 4.78 is 9.28. The molecular weight excluding hydrogens is 440 g/mol. The molecule has 2 rings (SSSR count). The van der Waals surface area contributed by atoms with Gasteiger partial charge in [-0.3, -0.25) is 9.59 Å². The summed E-state index contributed by atoms with van der Waals surface area (Å²) >= 11 is 5.82. The van der Waals surface area contributed by atoms with Crippen LogP contribution in [0.25, 0.3) is 0 Å². The van der Waals surface area contributed by atoms with Crippen LogP contribution in [0.1, 0.15) is 21.3 Å². The van der Waals surface area contributed by atoms with Crippen LogP contribution in [0.5, 0.6) is 0 Å². The van der Waals surface area contributed by atoms with E-state index in [2.05, 4.69) is 29.5 Å². The van der Waals surface area contributed by atoms with Crippen LogP contribution in [0.4, 0.5) is 0 Å². The second-order valence-corrected chi connectivity index (χ2v) is 8.48. The number of rotatable bonds is 7. The van der Waals surface area contributed by atoms with Crippen LogP contribution in [-0.4, -0.2) is 54.3 Å². The lowest BCUT2D eigenvalue weighted by molar-refractivity contribution is -0.191. The van der Waals surface area contributed by atoms with E-state index >= 15 is 0 Å². The van der Waals surface area contributed by atoms with E-state index < -0.39 is 0 Å². The molecule has 1 heterocycles. The topological polar surface area (TPSA) is 86.7 Å². The fraction of sp³-hybridized carbons (Fsp3) is 0.500. The van der Waals surface area contributed by atoms with Gasteiger partial charge in [-0.1, -0.05) is 47.2 Å². The standard InChI is InChI=1S/C10H12O2S2.C4H8O2S.C2H4S.CO2.CH4/c1-9(11)12-7-8-13-14-10-5-3-2-4-6-10;1-4(5)6-2-3-7;1-2-3-1;2-1-3;/h2-6H,7-8H2,1H3;7H,2-3H2,1H3;1-2H2;;1H4. The van der Waals surface area contributed by atoms with Gasteiger partial charge in [0.1, 0.15) is 13.2 Å². The first-order chi connectivity index (χ1) is 13.0. The van der Waals surface area contributed by atoms with Crippen molar-refractivity contribution in [3.05, 3.63) is 30.3 Å². The molecule has 0 amide bonds. The van der Waals surface area contributed by atoms with E-state index in [1.165, 1.54) is 30.2 Å². The molecule has 28 heavy (non-hydrogen) atoms. The fourth-order valence-electron chi connectivity index (χ4n) is 0.995. The Labute approximate surface area is 185 Å². The Morgan fingerprint density at radius 2 is 1.54 bits per heavy atom. The number of thiol groups is 1. The molecule has 0 aromatic heterocycles. The van der Waals surface area contributed by atoms with Crippen molar-refractivity contribution in [2.45, 2.75) is 26.2 Å². The van der Waals surface area contributed by atoms with Crippen molar-refractivity contribution in [3.63, 3.8) is 0 Å². The molecule has 1 aromatic carbocycles. The summed E-state index contributed by atoms with van der Waals surface area (Å²) in [6, 6.07) is 10.1. The Morgan fingerprint density at radius 3 is 1.89 bits per heavy atom. The van der Waals surface area contributed by atoms with E-state index in [0.29, 0.717) is 19.0 Å². The third kappa shape index (κ3) is 35.9. The summed E-state index contributed by atoms with van der Waals surface area (Å²) in [5.74, 6) is 3.79. The van der Waals surface area contributed by atoms with Crippen molar-refractivity contribution in [1.29, 1.82) is 0 Å². The molecule has 0 atom stereocenters. The van der Waals surface area contributed by atoms with Crippen molar-refractivity contribution in [3.8, 4) is 0 Å². The van der Waals surface area contributed by atoms with Gasteiger partial charge in [0.15, 0.2) is 0 Å². The third-order valence-corrected chi connectivity index (χ3v) is 4.91. The molecule has 0 radical (unpaired) electrons. The maximum Gasteiger partial charge on any atom is 0.373 e. The average molecular weight is 469 g/mol. The van der Waals surface area contributed by atoms with Crippen LogP contribution in [0.3, 0.4) is 0 Å². The maximum absolute atomic E-state index is 10.4. The Morgan fingerprint density at radius 1 is 1.07 bits per heavy atom. The maximum atomic E-state index is 10.4. The lowest BCUT2D eigenvalue weighted by Crippen LogP contribution is -2.01. The predicted molar refractivity (Wildman–Crippen MR) is 121 cm³/mol. The van der Waals surface area contributed by atoms with E-state index in [4.69, 9.17) is 14.3 Å². The van der Waals surface area contributed by atoms with Gasteiger partial charge in [-0.2, -0.15) is 34.0 Å². The Bertz CT molecular complexity index is 517. The van der Waals surface area contributed by atoms with E-state index in [9.17, 15) is 9.59 Å². The Hall–Kier alpha value is -1.06. The summed E-state index contributed by atoms with van der Waals surface area (Å²) in [7, 11) is 3.39. The first-order valence-corrected chi connectivity index (χ1v) is 11.9. The van der Waals surface area contributed by atoms with Gasteiger partial charge in [0.05, 0.1) is 0 Å². The van der Waals surface area contributed by atoms with Crippen molar-refractivity contribution >= 4 is 64.1 Å². The number of hydrogen-bond donors (Lipinski definition) is 1. The van der Waals surface area contributed by atoms with Gasteiger partial charge in [0.2, 0.25) is 0 Å². The first kappa shape index (κ1) is 31.6. The van der Waals surface area contributed by atoms with E-state index in [-0.39, 0.29) is 25.5 Å². The van der Waals surface area contributed by atoms with Crippen LogP contribution in [0.15, 0.2) is 35.2 Å². The van der Waals surface area contributed by atoms with Crippen molar-refractivity contribution in [2.75, 3.05) is 36.2 Å². The highest BCUT2D eigenvalue weighted by Crippen LogP contribution is 2.30. The number of ether oxygens (including phenoxy) is 2. The second-order valence-electron chi connectivity index (χ2n) is 4.32. The zero-order valence-corrected chi connectivity index (χ0v) is 18.6. The molecule has 0 aliphatic carbocycles. The molecule has 1 aliphatic heterocycles. The monoisotopic (exact) mass is 468 g/mol. The largest absolute Gasteiger partial charge is 0.465 e. The summed E-state index contributed by atoms with van der Waals surface area (Å²) in [5.41, 5.74) is 0. The summed E-state index contributed by atoms with van der Waals surface area (Å²) in [4.78, 5) is 37.9. The number of benzene rings is 1. The minimum atomic E-state index is -0.242. The molecule has 0 saturated carbocycles. The summed E-state index contributed by atoms with van der Waals surface area (Å²) in [6.07, 6.45) is 0.250. The molecule has 1 saturated heterocycles. The zero-order chi connectivity index (χ0) is 20.8. The van der Waals surface area contributed by atoms with Gasteiger partial charge in [0.25, 0.3) is 0 Å². The van der Waals surface area contributed by atoms with Crippen LogP contribution in [0.2, 0.25) is 0 Å². The smallest absolute Gasteiger partial charge is 0.373 e. The van der Waals surface area contributed by atoms with E-state index in [0.717, 1.165) is 5.75 Å².